The largest absolute Gasteiger partial charge is 0.469 e. The monoisotopic (exact) mass is 261 g/mol. The van der Waals surface area contributed by atoms with Gasteiger partial charge in [-0.2, -0.15) is 0 Å². The summed E-state index contributed by atoms with van der Waals surface area (Å²) in [7, 11) is 2.36. The van der Waals surface area contributed by atoms with E-state index in [1.165, 1.54) is 7.11 Å². The fourth-order valence-electron chi connectivity index (χ4n) is 1.61. The van der Waals surface area contributed by atoms with Crippen LogP contribution < -0.4 is 0 Å². The van der Waals surface area contributed by atoms with Gasteiger partial charge < -0.3 is 19.5 Å². The number of likely N-dealkylation sites (tertiary alicyclic amines) is 1. The van der Waals surface area contributed by atoms with Crippen LogP contribution in [0.25, 0.3) is 0 Å². The van der Waals surface area contributed by atoms with E-state index >= 15 is 0 Å². The zero-order valence-corrected chi connectivity index (χ0v) is 11.7. The van der Waals surface area contributed by atoms with E-state index in [2.05, 4.69) is 4.74 Å². The van der Waals surface area contributed by atoms with Crippen molar-refractivity contribution in [3.8, 4) is 0 Å². The molecule has 0 saturated carbocycles. The van der Waals surface area contributed by atoms with Gasteiger partial charge in [0.05, 0.1) is 13.0 Å². The third-order valence-electron chi connectivity index (χ3n) is 2.37. The van der Waals surface area contributed by atoms with Crippen molar-refractivity contribution in [3.05, 3.63) is 0 Å². The Morgan fingerprint density at radius 1 is 1.28 bits per heavy atom. The fourth-order valence-corrected chi connectivity index (χ4v) is 1.61. The van der Waals surface area contributed by atoms with Gasteiger partial charge in [-0.05, 0) is 27.2 Å². The highest BCUT2D eigenvalue weighted by Gasteiger charge is 2.33. The molecule has 6 heteroatoms. The Balaban J connectivity index is 0.00000137. The van der Waals surface area contributed by atoms with Gasteiger partial charge in [0.2, 0.25) is 0 Å². The number of aliphatic hydroxyl groups excluding tert-OH is 1. The number of methoxy groups -OCH3 is 1. The van der Waals surface area contributed by atoms with Gasteiger partial charge >= 0.3 is 12.1 Å². The van der Waals surface area contributed by atoms with Crippen LogP contribution in [0.2, 0.25) is 0 Å². The fraction of sp³-hybridized carbons (Fsp3) is 0.833. The number of ether oxygens (including phenoxy) is 2. The maximum Gasteiger partial charge on any atom is 0.410 e. The smallest absolute Gasteiger partial charge is 0.410 e. The molecule has 0 bridgehead atoms. The Hall–Kier alpha value is -1.30. The predicted octanol–water partition coefficient (Wildman–Crippen LogP) is 1.02. The van der Waals surface area contributed by atoms with Gasteiger partial charge in [-0.25, -0.2) is 4.79 Å². The minimum Gasteiger partial charge on any atom is -0.469 e. The maximum atomic E-state index is 11.7. The number of amides is 1. The lowest BCUT2D eigenvalue weighted by Crippen LogP contribution is -2.36. The number of hydrogen-bond acceptors (Lipinski definition) is 5. The van der Waals surface area contributed by atoms with E-state index in [9.17, 15) is 9.59 Å². The van der Waals surface area contributed by atoms with Gasteiger partial charge in [0.1, 0.15) is 5.60 Å². The van der Waals surface area contributed by atoms with Gasteiger partial charge in [0.25, 0.3) is 0 Å². The average Bonchev–Trinajstić information content (AvgIpc) is 2.78. The van der Waals surface area contributed by atoms with Gasteiger partial charge in [-0.1, -0.05) is 0 Å². The van der Waals surface area contributed by atoms with Crippen molar-refractivity contribution in [1.82, 2.24) is 4.90 Å². The lowest BCUT2D eigenvalue weighted by Gasteiger charge is -2.24. The van der Waals surface area contributed by atoms with Gasteiger partial charge in [-0.15, -0.1) is 0 Å². The first kappa shape index (κ1) is 16.7. The number of nitrogens with zero attached hydrogens (tertiary/aromatic N) is 1. The highest BCUT2D eigenvalue weighted by atomic mass is 16.6. The van der Waals surface area contributed by atoms with Gasteiger partial charge in [-0.3, -0.25) is 4.79 Å². The Labute approximate surface area is 108 Å². The van der Waals surface area contributed by atoms with Crippen LogP contribution in [-0.2, 0) is 14.3 Å². The first-order valence-electron chi connectivity index (χ1n) is 5.84. The van der Waals surface area contributed by atoms with Crippen molar-refractivity contribution in [2.45, 2.75) is 32.8 Å². The third-order valence-corrected chi connectivity index (χ3v) is 2.37. The summed E-state index contributed by atoms with van der Waals surface area (Å²) in [5, 5.41) is 7.00. The van der Waals surface area contributed by atoms with Crippen molar-refractivity contribution >= 4 is 12.1 Å². The lowest BCUT2D eigenvalue weighted by molar-refractivity contribution is -0.144. The van der Waals surface area contributed by atoms with Crippen LogP contribution in [-0.4, -0.2) is 55.0 Å². The molecule has 1 amide bonds. The maximum absolute atomic E-state index is 11.7. The summed E-state index contributed by atoms with van der Waals surface area (Å²) < 4.78 is 9.86. The quantitative estimate of drug-likeness (QED) is 0.713. The van der Waals surface area contributed by atoms with E-state index in [0.717, 1.165) is 7.11 Å². The second kappa shape index (κ2) is 7.20. The first-order chi connectivity index (χ1) is 8.33. The molecule has 0 aromatic rings. The minimum absolute atomic E-state index is 0.211. The molecule has 1 heterocycles. The van der Waals surface area contributed by atoms with Crippen LogP contribution in [0.1, 0.15) is 27.2 Å². The normalized spacial score (nSPS) is 18.8. The zero-order valence-electron chi connectivity index (χ0n) is 11.7. The number of carbonyl (C=O) groups excluding carboxylic acids is 2. The summed E-state index contributed by atoms with van der Waals surface area (Å²) in [6, 6.07) is 0. The van der Waals surface area contributed by atoms with E-state index in [4.69, 9.17) is 9.84 Å². The van der Waals surface area contributed by atoms with Gasteiger partial charge in [0.15, 0.2) is 0 Å². The van der Waals surface area contributed by atoms with E-state index < -0.39 is 5.60 Å². The Bertz CT molecular complexity index is 285. The molecule has 18 heavy (non-hydrogen) atoms. The van der Waals surface area contributed by atoms with Crippen molar-refractivity contribution in [2.75, 3.05) is 27.3 Å². The van der Waals surface area contributed by atoms with Crippen molar-refractivity contribution in [1.29, 1.82) is 0 Å². The summed E-state index contributed by atoms with van der Waals surface area (Å²) in [5.74, 6) is -0.469. The highest BCUT2D eigenvalue weighted by molar-refractivity contribution is 5.75. The molecular formula is C12H23NO5. The van der Waals surface area contributed by atoms with Crippen molar-refractivity contribution in [3.63, 3.8) is 0 Å². The number of esters is 1. The second-order valence-electron chi connectivity index (χ2n) is 4.94. The molecule has 0 spiro atoms. The Kier molecular flexibility index (Phi) is 6.68. The van der Waals surface area contributed by atoms with Crippen LogP contribution in [0.4, 0.5) is 4.79 Å². The molecule has 1 fully saturated rings. The first-order valence-corrected chi connectivity index (χ1v) is 5.84. The van der Waals surface area contributed by atoms with Crippen LogP contribution in [0.3, 0.4) is 0 Å². The number of hydrogen-bond donors (Lipinski definition) is 1. The Morgan fingerprint density at radius 2 is 1.83 bits per heavy atom. The molecular weight excluding hydrogens is 238 g/mol. The van der Waals surface area contributed by atoms with E-state index in [0.29, 0.717) is 19.5 Å². The number of rotatable bonds is 1. The molecule has 1 aliphatic heterocycles. The molecule has 0 aromatic carbocycles. The predicted molar refractivity (Wildman–Crippen MR) is 66.1 cm³/mol. The molecule has 0 aromatic heterocycles. The second-order valence-corrected chi connectivity index (χ2v) is 4.94. The Morgan fingerprint density at radius 3 is 2.28 bits per heavy atom. The van der Waals surface area contributed by atoms with Crippen LogP contribution in [0, 0.1) is 5.92 Å². The SMILES string of the molecule is CO.COC(=O)C1CCN(C(=O)OC(C)(C)C)C1. The molecule has 1 rings (SSSR count). The number of aliphatic hydroxyl groups is 1. The summed E-state index contributed by atoms with van der Waals surface area (Å²) in [6.45, 7) is 6.40. The van der Waals surface area contributed by atoms with E-state index in [-0.39, 0.29) is 18.0 Å². The molecule has 1 N–H and O–H groups in total. The van der Waals surface area contributed by atoms with Gasteiger partial charge in [0, 0.05) is 20.2 Å². The molecule has 0 aliphatic carbocycles. The van der Waals surface area contributed by atoms with Crippen LogP contribution in [0.5, 0.6) is 0 Å². The molecule has 0 radical (unpaired) electrons. The molecule has 1 saturated heterocycles. The highest BCUT2D eigenvalue weighted by Crippen LogP contribution is 2.20. The third kappa shape index (κ3) is 5.35. The number of carbonyl (C=O) groups is 2. The molecule has 1 atom stereocenters. The summed E-state index contributed by atoms with van der Waals surface area (Å²) in [4.78, 5) is 24.5. The topological polar surface area (TPSA) is 76.1 Å². The van der Waals surface area contributed by atoms with E-state index in [1.54, 1.807) is 4.90 Å². The summed E-state index contributed by atoms with van der Waals surface area (Å²) in [6.07, 6.45) is 0.283. The van der Waals surface area contributed by atoms with Crippen LogP contribution in [0.15, 0.2) is 0 Å². The summed E-state index contributed by atoms with van der Waals surface area (Å²) >= 11 is 0. The van der Waals surface area contributed by atoms with Crippen molar-refractivity contribution in [2.24, 2.45) is 5.92 Å². The van der Waals surface area contributed by atoms with Crippen molar-refractivity contribution < 1.29 is 24.2 Å². The average molecular weight is 261 g/mol. The van der Waals surface area contributed by atoms with E-state index in [1.807, 2.05) is 20.8 Å². The lowest BCUT2D eigenvalue weighted by atomic mass is 10.1. The molecule has 1 aliphatic rings. The summed E-state index contributed by atoms with van der Waals surface area (Å²) in [5.41, 5.74) is -0.500. The molecule has 1 unspecified atom stereocenters. The standard InChI is InChI=1S/C11H19NO4.CH4O/c1-11(2,3)16-10(14)12-6-5-8(7-12)9(13)15-4;1-2/h8H,5-7H2,1-4H3;2H,1H3. The molecule has 106 valence electrons. The molecule has 6 nitrogen and oxygen atoms in total. The van der Waals surface area contributed by atoms with Crippen LogP contribution >= 0.6 is 0 Å². The zero-order chi connectivity index (χ0) is 14.3. The minimum atomic E-state index is -0.500.